The zero-order chi connectivity index (χ0) is 13.1. The van der Waals surface area contributed by atoms with E-state index in [-0.39, 0.29) is 11.5 Å². The fraction of sp³-hybridized carbons (Fsp3) is 0.812. The molecular formula is C16H24O2. The summed E-state index contributed by atoms with van der Waals surface area (Å²) >= 11 is 0. The van der Waals surface area contributed by atoms with Crippen LogP contribution in [-0.4, -0.2) is 17.5 Å². The van der Waals surface area contributed by atoms with E-state index in [2.05, 4.69) is 20.4 Å². The topological polar surface area (TPSA) is 29.6 Å². The van der Waals surface area contributed by atoms with Gasteiger partial charge in [-0.25, -0.2) is 0 Å². The average molecular weight is 248 g/mol. The van der Waals surface area contributed by atoms with Gasteiger partial charge in [-0.3, -0.25) is 4.79 Å². The van der Waals surface area contributed by atoms with Gasteiger partial charge in [-0.2, -0.15) is 0 Å². The molecule has 1 heterocycles. The molecule has 3 aliphatic rings. The van der Waals surface area contributed by atoms with Crippen LogP contribution in [0.25, 0.3) is 0 Å². The molecule has 0 spiro atoms. The van der Waals surface area contributed by atoms with Crippen LogP contribution >= 0.6 is 0 Å². The van der Waals surface area contributed by atoms with Crippen molar-refractivity contribution < 1.29 is 9.53 Å². The van der Waals surface area contributed by atoms with E-state index in [0.29, 0.717) is 24.0 Å². The molecule has 3 rings (SSSR count). The molecule has 2 heteroatoms. The summed E-state index contributed by atoms with van der Waals surface area (Å²) in [5.41, 5.74) is 1.19. The molecule has 1 saturated heterocycles. The first-order chi connectivity index (χ1) is 8.33. The van der Waals surface area contributed by atoms with Crippen LogP contribution in [0.15, 0.2) is 12.2 Å². The maximum Gasteiger partial charge on any atom is 0.167 e. The van der Waals surface area contributed by atoms with Crippen LogP contribution in [0.2, 0.25) is 0 Å². The third kappa shape index (κ3) is 1.77. The Bertz CT molecular complexity index is 409. The van der Waals surface area contributed by atoms with Crippen molar-refractivity contribution in [1.82, 2.24) is 0 Å². The van der Waals surface area contributed by atoms with Gasteiger partial charge in [0, 0.05) is 6.42 Å². The number of fused-ring (bicyclic) bond motifs is 3. The van der Waals surface area contributed by atoms with Gasteiger partial charge in [-0.15, -0.1) is 0 Å². The van der Waals surface area contributed by atoms with Crippen molar-refractivity contribution in [3.8, 4) is 0 Å². The molecule has 2 nitrogen and oxygen atoms in total. The highest BCUT2D eigenvalue weighted by molar-refractivity contribution is 5.90. The van der Waals surface area contributed by atoms with E-state index in [0.717, 1.165) is 19.3 Å². The van der Waals surface area contributed by atoms with Crippen molar-refractivity contribution in [2.45, 2.75) is 64.6 Å². The van der Waals surface area contributed by atoms with Crippen molar-refractivity contribution >= 4 is 5.78 Å². The minimum absolute atomic E-state index is 0.155. The van der Waals surface area contributed by atoms with Crippen molar-refractivity contribution in [3.63, 3.8) is 0 Å². The van der Waals surface area contributed by atoms with E-state index < -0.39 is 5.60 Å². The molecule has 0 unspecified atom stereocenters. The van der Waals surface area contributed by atoms with E-state index in [9.17, 15) is 4.79 Å². The van der Waals surface area contributed by atoms with Gasteiger partial charge >= 0.3 is 0 Å². The summed E-state index contributed by atoms with van der Waals surface area (Å²) in [7, 11) is 0. The SMILES string of the molecule is C=C1CC[C@H]2O[C@@]2(C)C(=O)C[C@@H]2C[C@@H]1CC2(C)C. The molecule has 0 amide bonds. The molecule has 4 atom stereocenters. The molecule has 18 heavy (non-hydrogen) atoms. The highest BCUT2D eigenvalue weighted by atomic mass is 16.6. The molecule has 2 aliphatic carbocycles. The van der Waals surface area contributed by atoms with Crippen LogP contribution in [0.1, 0.15) is 52.9 Å². The average Bonchev–Trinajstić information content (AvgIpc) is 2.86. The zero-order valence-corrected chi connectivity index (χ0v) is 11.8. The number of epoxide rings is 1. The number of Topliss-reactive ketones (excluding diaryl/α,β-unsaturated/α-hetero) is 1. The first-order valence-corrected chi connectivity index (χ1v) is 7.22. The summed E-state index contributed by atoms with van der Waals surface area (Å²) in [6, 6.07) is 0. The van der Waals surface area contributed by atoms with E-state index in [4.69, 9.17) is 4.74 Å². The molecule has 0 aromatic rings. The molecular weight excluding hydrogens is 224 g/mol. The predicted molar refractivity (Wildman–Crippen MR) is 71.3 cm³/mol. The lowest BCUT2D eigenvalue weighted by Gasteiger charge is -2.26. The molecule has 1 aliphatic heterocycles. The second-order valence-corrected chi connectivity index (χ2v) is 7.36. The van der Waals surface area contributed by atoms with Gasteiger partial charge < -0.3 is 4.74 Å². The number of ether oxygens (including phenoxy) is 1. The van der Waals surface area contributed by atoms with Crippen molar-refractivity contribution in [2.75, 3.05) is 0 Å². The fourth-order valence-electron chi connectivity index (χ4n) is 4.01. The predicted octanol–water partition coefficient (Wildman–Crippen LogP) is 3.51. The Morgan fingerprint density at radius 1 is 1.33 bits per heavy atom. The van der Waals surface area contributed by atoms with Gasteiger partial charge in [0.05, 0.1) is 6.10 Å². The zero-order valence-electron chi connectivity index (χ0n) is 11.8. The van der Waals surface area contributed by atoms with Gasteiger partial charge in [0.1, 0.15) is 5.60 Å². The Hall–Kier alpha value is -0.630. The lowest BCUT2D eigenvalue weighted by Crippen LogP contribution is -2.29. The Balaban J connectivity index is 1.87. The standard InChI is InChI=1S/C16H24O2/c1-10-5-6-14-16(4,18-14)13(17)8-12-7-11(10)9-15(12,2)3/h11-12,14H,1,5-9H2,2-4H3/t11-,12+,14-,16+/m1/s1. The van der Waals surface area contributed by atoms with Crippen LogP contribution in [0.5, 0.6) is 0 Å². The summed E-state index contributed by atoms with van der Waals surface area (Å²) in [5.74, 6) is 1.46. The maximum atomic E-state index is 12.4. The van der Waals surface area contributed by atoms with Crippen LogP contribution in [0, 0.1) is 17.3 Å². The number of hydrogen-bond donors (Lipinski definition) is 0. The van der Waals surface area contributed by atoms with Crippen molar-refractivity contribution in [1.29, 1.82) is 0 Å². The number of carbonyl (C=O) groups excluding carboxylic acids is 1. The summed E-state index contributed by atoms with van der Waals surface area (Å²) < 4.78 is 5.68. The second kappa shape index (κ2) is 3.69. The quantitative estimate of drug-likeness (QED) is 0.485. The molecule has 100 valence electrons. The molecule has 3 fully saturated rings. The van der Waals surface area contributed by atoms with Gasteiger partial charge in [0.15, 0.2) is 5.78 Å². The third-order valence-electron chi connectivity index (χ3n) is 5.68. The smallest absolute Gasteiger partial charge is 0.167 e. The van der Waals surface area contributed by atoms with Crippen LogP contribution in [0.3, 0.4) is 0 Å². The lowest BCUT2D eigenvalue weighted by atomic mass is 9.77. The highest BCUT2D eigenvalue weighted by Crippen LogP contribution is 2.53. The van der Waals surface area contributed by atoms with E-state index in [1.54, 1.807) is 0 Å². The fourth-order valence-corrected chi connectivity index (χ4v) is 4.01. The minimum Gasteiger partial charge on any atom is -0.358 e. The number of allylic oxidation sites excluding steroid dienone is 1. The summed E-state index contributed by atoms with van der Waals surface area (Å²) in [6.45, 7) is 10.9. The van der Waals surface area contributed by atoms with Gasteiger partial charge in [-0.05, 0) is 49.9 Å². The number of carbonyl (C=O) groups is 1. The maximum absolute atomic E-state index is 12.4. The Labute approximate surface area is 110 Å². The lowest BCUT2D eigenvalue weighted by molar-refractivity contribution is -0.125. The van der Waals surface area contributed by atoms with Crippen LogP contribution < -0.4 is 0 Å². The molecule has 2 bridgehead atoms. The van der Waals surface area contributed by atoms with Gasteiger partial charge in [-0.1, -0.05) is 26.0 Å². The van der Waals surface area contributed by atoms with Crippen LogP contribution in [-0.2, 0) is 9.53 Å². The minimum atomic E-state index is -0.466. The van der Waals surface area contributed by atoms with Crippen molar-refractivity contribution in [2.24, 2.45) is 17.3 Å². The third-order valence-corrected chi connectivity index (χ3v) is 5.68. The second-order valence-electron chi connectivity index (χ2n) is 7.36. The number of ketones is 1. The number of rotatable bonds is 0. The van der Waals surface area contributed by atoms with E-state index in [1.807, 2.05) is 6.92 Å². The summed E-state index contributed by atoms with van der Waals surface area (Å²) in [6.07, 6.45) is 5.21. The van der Waals surface area contributed by atoms with Gasteiger partial charge in [0.2, 0.25) is 0 Å². The van der Waals surface area contributed by atoms with Gasteiger partial charge in [0.25, 0.3) is 0 Å². The molecule has 0 N–H and O–H groups in total. The summed E-state index contributed by atoms with van der Waals surface area (Å²) in [5, 5.41) is 0. The Morgan fingerprint density at radius 3 is 2.78 bits per heavy atom. The Kier molecular flexibility index (Phi) is 2.54. The molecule has 0 radical (unpaired) electrons. The Morgan fingerprint density at radius 2 is 2.06 bits per heavy atom. The van der Waals surface area contributed by atoms with Crippen LogP contribution in [0.4, 0.5) is 0 Å². The first-order valence-electron chi connectivity index (χ1n) is 7.22. The highest BCUT2D eigenvalue weighted by Gasteiger charge is 2.59. The molecule has 0 aromatic carbocycles. The normalized spacial score (nSPS) is 46.7. The monoisotopic (exact) mass is 248 g/mol. The van der Waals surface area contributed by atoms with E-state index in [1.165, 1.54) is 12.0 Å². The number of hydrogen-bond acceptors (Lipinski definition) is 2. The van der Waals surface area contributed by atoms with Crippen molar-refractivity contribution in [3.05, 3.63) is 12.2 Å². The largest absolute Gasteiger partial charge is 0.358 e. The first kappa shape index (κ1) is 12.4. The summed E-state index contributed by atoms with van der Waals surface area (Å²) in [4.78, 5) is 12.4. The molecule has 0 aromatic heterocycles. The molecule has 2 saturated carbocycles. The van der Waals surface area contributed by atoms with E-state index >= 15 is 0 Å².